The molecule has 0 heterocycles. The van der Waals surface area contributed by atoms with E-state index in [2.05, 4.69) is 20.4 Å². The van der Waals surface area contributed by atoms with Crippen molar-refractivity contribution >= 4 is 0 Å². The average Bonchev–Trinajstić information content (AvgIpc) is 1.82. The molecule has 0 aliphatic heterocycles. The molecule has 0 spiro atoms. The zero-order valence-corrected chi connectivity index (χ0v) is 6.80. The second kappa shape index (κ2) is 2.75. The van der Waals surface area contributed by atoms with Crippen molar-refractivity contribution in [2.45, 2.75) is 32.8 Å². The van der Waals surface area contributed by atoms with Gasteiger partial charge in [0.05, 0.1) is 6.10 Å². The van der Waals surface area contributed by atoms with Crippen molar-refractivity contribution in [2.75, 3.05) is 0 Å². The molecule has 0 aromatic rings. The van der Waals surface area contributed by atoms with E-state index >= 15 is 0 Å². The number of aliphatic hydroxyl groups is 1. The summed E-state index contributed by atoms with van der Waals surface area (Å²) in [7, 11) is 0. The number of allylic oxidation sites excluding steroid dienone is 1. The zero-order valence-electron chi connectivity index (χ0n) is 6.80. The van der Waals surface area contributed by atoms with Gasteiger partial charge in [0.25, 0.3) is 0 Å². The molecule has 0 aromatic carbocycles. The lowest BCUT2D eigenvalue weighted by Gasteiger charge is -2.30. The molecule has 0 unspecified atom stereocenters. The number of hydrogen-bond donors (Lipinski definition) is 1. The van der Waals surface area contributed by atoms with Gasteiger partial charge in [-0.1, -0.05) is 26.0 Å². The van der Waals surface area contributed by atoms with Crippen LogP contribution in [0.5, 0.6) is 0 Å². The molecular formula is C9H16O. The maximum Gasteiger partial charge on any atom is 0.0551 e. The van der Waals surface area contributed by atoms with E-state index in [4.69, 9.17) is 0 Å². The van der Waals surface area contributed by atoms with Crippen molar-refractivity contribution < 1.29 is 5.11 Å². The lowest BCUT2D eigenvalue weighted by atomic mass is 9.78. The molecule has 1 aliphatic carbocycles. The van der Waals surface area contributed by atoms with Crippen LogP contribution in [0.15, 0.2) is 12.2 Å². The van der Waals surface area contributed by atoms with E-state index in [1.807, 2.05) is 0 Å². The SMILES string of the molecule is C=C1[C@H](C)CC(O)C[C@H]1C. The van der Waals surface area contributed by atoms with Gasteiger partial charge in [-0.25, -0.2) is 0 Å². The topological polar surface area (TPSA) is 20.2 Å². The lowest BCUT2D eigenvalue weighted by molar-refractivity contribution is 0.107. The molecule has 0 bridgehead atoms. The van der Waals surface area contributed by atoms with Crippen LogP contribution in [0, 0.1) is 11.8 Å². The van der Waals surface area contributed by atoms with Gasteiger partial charge in [-0.05, 0) is 24.7 Å². The number of aliphatic hydroxyl groups excluding tert-OH is 1. The Bertz CT molecular complexity index is 126. The first-order valence-corrected chi connectivity index (χ1v) is 3.98. The second-order valence-electron chi connectivity index (χ2n) is 3.50. The molecule has 1 heteroatoms. The molecule has 1 N–H and O–H groups in total. The van der Waals surface area contributed by atoms with Crippen LogP contribution in [0.3, 0.4) is 0 Å². The highest BCUT2D eigenvalue weighted by molar-refractivity contribution is 5.07. The smallest absolute Gasteiger partial charge is 0.0551 e. The minimum atomic E-state index is -0.0875. The predicted octanol–water partition coefficient (Wildman–Crippen LogP) is 1.97. The van der Waals surface area contributed by atoms with E-state index in [-0.39, 0.29) is 6.10 Å². The summed E-state index contributed by atoms with van der Waals surface area (Å²) in [5, 5.41) is 9.33. The van der Waals surface area contributed by atoms with E-state index in [1.54, 1.807) is 0 Å². The highest BCUT2D eigenvalue weighted by Gasteiger charge is 2.24. The van der Waals surface area contributed by atoms with E-state index in [9.17, 15) is 5.11 Å². The summed E-state index contributed by atoms with van der Waals surface area (Å²) in [6.45, 7) is 8.28. The van der Waals surface area contributed by atoms with Gasteiger partial charge in [0.2, 0.25) is 0 Å². The van der Waals surface area contributed by atoms with Crippen LogP contribution in [0.25, 0.3) is 0 Å². The van der Waals surface area contributed by atoms with Crippen molar-refractivity contribution in [1.82, 2.24) is 0 Å². The molecule has 0 amide bonds. The van der Waals surface area contributed by atoms with Crippen LogP contribution < -0.4 is 0 Å². The standard InChI is InChI=1S/C9H16O/c1-6-4-9(10)5-7(2)8(6)3/h6-7,9-10H,3-5H2,1-2H3/t6-,7-/m1/s1. The summed E-state index contributed by atoms with van der Waals surface area (Å²) in [5.41, 5.74) is 1.31. The Hall–Kier alpha value is -0.300. The van der Waals surface area contributed by atoms with Gasteiger partial charge in [-0.3, -0.25) is 0 Å². The largest absolute Gasteiger partial charge is 0.393 e. The molecule has 1 rings (SSSR count). The Morgan fingerprint density at radius 3 is 2.10 bits per heavy atom. The van der Waals surface area contributed by atoms with Crippen LogP contribution in [0.2, 0.25) is 0 Å². The molecule has 0 radical (unpaired) electrons. The molecule has 0 aromatic heterocycles. The molecule has 1 fully saturated rings. The summed E-state index contributed by atoms with van der Waals surface area (Å²) in [6, 6.07) is 0. The van der Waals surface area contributed by atoms with Gasteiger partial charge in [-0.15, -0.1) is 0 Å². The Morgan fingerprint density at radius 2 is 1.70 bits per heavy atom. The summed E-state index contributed by atoms with van der Waals surface area (Å²) in [5.74, 6) is 1.03. The van der Waals surface area contributed by atoms with Crippen LogP contribution in [-0.4, -0.2) is 11.2 Å². The van der Waals surface area contributed by atoms with Gasteiger partial charge in [0, 0.05) is 0 Å². The normalized spacial score (nSPS) is 41.9. The lowest BCUT2D eigenvalue weighted by Crippen LogP contribution is -2.25. The molecule has 1 nitrogen and oxygen atoms in total. The second-order valence-corrected chi connectivity index (χ2v) is 3.50. The molecule has 58 valence electrons. The fraction of sp³-hybridized carbons (Fsp3) is 0.778. The summed E-state index contributed by atoms with van der Waals surface area (Å²) in [4.78, 5) is 0. The number of hydrogen-bond acceptors (Lipinski definition) is 1. The fourth-order valence-corrected chi connectivity index (χ4v) is 1.70. The molecule has 2 atom stereocenters. The monoisotopic (exact) mass is 140 g/mol. The van der Waals surface area contributed by atoms with Gasteiger partial charge < -0.3 is 5.11 Å². The summed E-state index contributed by atoms with van der Waals surface area (Å²) in [6.07, 6.45) is 1.72. The van der Waals surface area contributed by atoms with Gasteiger partial charge in [-0.2, -0.15) is 0 Å². The summed E-state index contributed by atoms with van der Waals surface area (Å²) >= 11 is 0. The summed E-state index contributed by atoms with van der Waals surface area (Å²) < 4.78 is 0. The van der Waals surface area contributed by atoms with E-state index in [0.29, 0.717) is 11.8 Å². The van der Waals surface area contributed by atoms with Crippen molar-refractivity contribution in [3.8, 4) is 0 Å². The van der Waals surface area contributed by atoms with Crippen LogP contribution in [0.4, 0.5) is 0 Å². The van der Waals surface area contributed by atoms with Crippen LogP contribution in [0.1, 0.15) is 26.7 Å². The first-order valence-electron chi connectivity index (χ1n) is 3.98. The van der Waals surface area contributed by atoms with Gasteiger partial charge in [0.1, 0.15) is 0 Å². The maximum atomic E-state index is 9.33. The zero-order chi connectivity index (χ0) is 7.72. The first kappa shape index (κ1) is 7.80. The van der Waals surface area contributed by atoms with Gasteiger partial charge >= 0.3 is 0 Å². The minimum Gasteiger partial charge on any atom is -0.393 e. The average molecular weight is 140 g/mol. The van der Waals surface area contributed by atoms with Crippen molar-refractivity contribution in [1.29, 1.82) is 0 Å². The fourth-order valence-electron chi connectivity index (χ4n) is 1.70. The first-order chi connectivity index (χ1) is 4.61. The van der Waals surface area contributed by atoms with E-state index in [1.165, 1.54) is 5.57 Å². The van der Waals surface area contributed by atoms with Crippen LogP contribution >= 0.6 is 0 Å². The van der Waals surface area contributed by atoms with Gasteiger partial charge in [0.15, 0.2) is 0 Å². The molecular weight excluding hydrogens is 124 g/mol. The third-order valence-corrected chi connectivity index (χ3v) is 2.52. The Labute approximate surface area is 62.8 Å². The molecule has 0 saturated heterocycles. The Kier molecular flexibility index (Phi) is 2.14. The highest BCUT2D eigenvalue weighted by atomic mass is 16.3. The molecule has 1 aliphatic rings. The van der Waals surface area contributed by atoms with Crippen molar-refractivity contribution in [2.24, 2.45) is 11.8 Å². The highest BCUT2D eigenvalue weighted by Crippen LogP contribution is 2.32. The number of rotatable bonds is 0. The minimum absolute atomic E-state index is 0.0875. The maximum absolute atomic E-state index is 9.33. The molecule has 1 saturated carbocycles. The quantitative estimate of drug-likeness (QED) is 0.510. The van der Waals surface area contributed by atoms with Crippen molar-refractivity contribution in [3.63, 3.8) is 0 Å². The predicted molar refractivity (Wildman–Crippen MR) is 42.7 cm³/mol. The van der Waals surface area contributed by atoms with E-state index < -0.39 is 0 Å². The van der Waals surface area contributed by atoms with Crippen molar-refractivity contribution in [3.05, 3.63) is 12.2 Å². The third kappa shape index (κ3) is 1.40. The van der Waals surface area contributed by atoms with E-state index in [0.717, 1.165) is 12.8 Å². The Morgan fingerprint density at radius 1 is 1.30 bits per heavy atom. The van der Waals surface area contributed by atoms with Crippen LogP contribution in [-0.2, 0) is 0 Å². The third-order valence-electron chi connectivity index (χ3n) is 2.52. The Balaban J connectivity index is 2.57. The molecule has 10 heavy (non-hydrogen) atoms.